The molecule has 11 nitrogen and oxygen atoms in total. The van der Waals surface area contributed by atoms with Gasteiger partial charge in [-0.2, -0.15) is 9.50 Å². The van der Waals surface area contributed by atoms with Crippen molar-refractivity contribution in [1.82, 2.24) is 29.0 Å². The minimum atomic E-state index is -0.537. The molecule has 0 amide bonds. The van der Waals surface area contributed by atoms with Crippen molar-refractivity contribution in [2.24, 2.45) is 0 Å². The summed E-state index contributed by atoms with van der Waals surface area (Å²) in [6.45, 7) is 5.15. The average Bonchev–Trinajstić information content (AvgIpc) is 3.73. The van der Waals surface area contributed by atoms with Crippen LogP contribution in [0.3, 0.4) is 0 Å². The summed E-state index contributed by atoms with van der Waals surface area (Å²) in [5, 5.41) is 4.39. The van der Waals surface area contributed by atoms with Crippen molar-refractivity contribution in [1.29, 1.82) is 0 Å². The monoisotopic (exact) mass is 600 g/mol. The van der Waals surface area contributed by atoms with Gasteiger partial charge in [0, 0.05) is 45.3 Å². The van der Waals surface area contributed by atoms with Crippen molar-refractivity contribution in [3.8, 4) is 11.6 Å². The maximum atomic E-state index is 14.8. The van der Waals surface area contributed by atoms with Crippen LogP contribution in [0.4, 0.5) is 26.1 Å². The lowest BCUT2D eigenvalue weighted by atomic mass is 10.2. The number of nitrogens with two attached hydrogens (primary N) is 1. The molecule has 0 unspecified atom stereocenters. The Balaban J connectivity index is 1.06. The zero-order valence-corrected chi connectivity index (χ0v) is 23.8. The Bertz CT molecular complexity index is 1770. The van der Waals surface area contributed by atoms with Crippen LogP contribution in [0, 0.1) is 11.6 Å². The number of thiazole rings is 1. The van der Waals surface area contributed by atoms with Crippen molar-refractivity contribution in [2.45, 2.75) is 6.54 Å². The van der Waals surface area contributed by atoms with E-state index < -0.39 is 11.6 Å². The maximum Gasteiger partial charge on any atom is 0.309 e. The third kappa shape index (κ3) is 4.81. The SMILES string of the molecule is Nc1nc2c(sc(=O)n2CCN2CCN(c3cc(N4CC[SH+]CC4)c(F)cc3F)CC2)c2nc(-c3ccco3)nn12. The smallest absolute Gasteiger partial charge is 0.309 e. The third-order valence-electron chi connectivity index (χ3n) is 7.62. The lowest BCUT2D eigenvalue weighted by Crippen LogP contribution is -2.47. The number of aromatic nitrogens is 5. The van der Waals surface area contributed by atoms with Gasteiger partial charge in [-0.05, 0) is 30.0 Å². The van der Waals surface area contributed by atoms with Gasteiger partial charge in [0.05, 0.1) is 30.7 Å². The lowest BCUT2D eigenvalue weighted by molar-refractivity contribution is 0.248. The molecule has 0 bridgehead atoms. The zero-order valence-electron chi connectivity index (χ0n) is 22.0. The van der Waals surface area contributed by atoms with Crippen LogP contribution >= 0.6 is 11.3 Å². The van der Waals surface area contributed by atoms with E-state index in [4.69, 9.17) is 10.2 Å². The normalized spacial score (nSPS) is 16.8. The molecule has 2 saturated heterocycles. The van der Waals surface area contributed by atoms with Gasteiger partial charge in [-0.1, -0.05) is 11.3 Å². The van der Waals surface area contributed by atoms with Gasteiger partial charge in [0.15, 0.2) is 17.1 Å². The Morgan fingerprint density at radius 1 is 0.951 bits per heavy atom. The third-order valence-corrected chi connectivity index (χ3v) is 9.62. The van der Waals surface area contributed by atoms with E-state index in [1.165, 1.54) is 22.5 Å². The predicted molar refractivity (Wildman–Crippen MR) is 158 cm³/mol. The summed E-state index contributed by atoms with van der Waals surface area (Å²) >= 11 is 2.44. The first-order chi connectivity index (χ1) is 20.0. The lowest BCUT2D eigenvalue weighted by Gasteiger charge is -2.37. The van der Waals surface area contributed by atoms with Gasteiger partial charge in [0.25, 0.3) is 0 Å². The Morgan fingerprint density at radius 2 is 1.68 bits per heavy atom. The van der Waals surface area contributed by atoms with Crippen molar-refractivity contribution in [3.63, 3.8) is 0 Å². The van der Waals surface area contributed by atoms with Gasteiger partial charge >= 0.3 is 4.87 Å². The molecule has 0 atom stereocenters. The van der Waals surface area contributed by atoms with E-state index in [0.29, 0.717) is 78.2 Å². The molecule has 2 aliphatic rings. The van der Waals surface area contributed by atoms with Crippen LogP contribution in [0.5, 0.6) is 0 Å². The highest BCUT2D eigenvalue weighted by Crippen LogP contribution is 2.31. The number of rotatable bonds is 6. The highest BCUT2D eigenvalue weighted by Gasteiger charge is 2.25. The number of anilines is 3. The molecule has 5 aromatic rings. The Kier molecular flexibility index (Phi) is 6.79. The maximum absolute atomic E-state index is 14.8. The number of furan rings is 1. The van der Waals surface area contributed by atoms with Crippen molar-refractivity contribution in [3.05, 3.63) is 51.8 Å². The molecule has 15 heteroatoms. The highest BCUT2D eigenvalue weighted by atomic mass is 32.2. The summed E-state index contributed by atoms with van der Waals surface area (Å²) in [7, 11) is 0. The molecule has 0 radical (unpaired) electrons. The second-order valence-electron chi connectivity index (χ2n) is 10.0. The molecule has 2 N–H and O–H groups in total. The number of nitrogens with zero attached hydrogens (tertiary/aromatic N) is 8. The van der Waals surface area contributed by atoms with Gasteiger partial charge in [0.2, 0.25) is 11.8 Å². The topological polar surface area (TPSA) is 114 Å². The Morgan fingerprint density at radius 3 is 2.39 bits per heavy atom. The van der Waals surface area contributed by atoms with Crippen molar-refractivity contribution in [2.75, 3.05) is 72.9 Å². The molecule has 0 aliphatic carbocycles. The fourth-order valence-corrected chi connectivity index (χ4v) is 7.37. The van der Waals surface area contributed by atoms with E-state index in [1.54, 1.807) is 22.8 Å². The first-order valence-corrected chi connectivity index (χ1v) is 15.5. The zero-order chi connectivity index (χ0) is 28.1. The molecule has 6 heterocycles. The summed E-state index contributed by atoms with van der Waals surface area (Å²) < 4.78 is 38.5. The van der Waals surface area contributed by atoms with E-state index in [1.807, 2.05) is 9.80 Å². The summed E-state index contributed by atoms with van der Waals surface area (Å²) in [6, 6.07) is 6.18. The minimum absolute atomic E-state index is 0.128. The summed E-state index contributed by atoms with van der Waals surface area (Å²) in [6.07, 6.45) is 1.54. The van der Waals surface area contributed by atoms with E-state index in [9.17, 15) is 13.6 Å². The average molecular weight is 601 g/mol. The van der Waals surface area contributed by atoms with Crippen LogP contribution in [-0.4, -0.2) is 86.4 Å². The van der Waals surface area contributed by atoms with E-state index in [2.05, 4.69) is 20.0 Å². The van der Waals surface area contributed by atoms with Gasteiger partial charge in [-0.25, -0.2) is 13.8 Å². The molecular formula is C26H28F2N9O2S2+. The van der Waals surface area contributed by atoms with Crippen molar-refractivity contribution >= 4 is 56.4 Å². The van der Waals surface area contributed by atoms with Crippen LogP contribution in [-0.2, 0) is 18.3 Å². The number of fused-ring (bicyclic) bond motifs is 3. The van der Waals surface area contributed by atoms with E-state index in [-0.39, 0.29) is 10.8 Å². The molecule has 4 aromatic heterocycles. The highest BCUT2D eigenvalue weighted by molar-refractivity contribution is 7.78. The molecule has 1 aromatic carbocycles. The molecule has 2 fully saturated rings. The fraction of sp³-hybridized carbons (Fsp3) is 0.385. The number of halogens is 2. The summed E-state index contributed by atoms with van der Waals surface area (Å²) in [5.74, 6) is 1.92. The standard InChI is InChI=1S/C26H27F2N9O2S2/c27-16-14-17(28)19(35-9-12-40-13-10-35)15-18(16)34-6-3-33(4-7-34)5-8-36-23-21(41-26(36)38)24-30-22(20-2-1-11-39-20)32-37(24)25(29)31-23/h1-2,11,14-15H,3-10,12-13H2,(H2,29,31)/p+1. The number of benzene rings is 1. The number of nitrogen functional groups attached to an aromatic ring is 1. The predicted octanol–water partition coefficient (Wildman–Crippen LogP) is 2.08. The first-order valence-electron chi connectivity index (χ1n) is 13.4. The van der Waals surface area contributed by atoms with Gasteiger partial charge in [-0.15, -0.1) is 5.10 Å². The molecule has 41 heavy (non-hydrogen) atoms. The van der Waals surface area contributed by atoms with Crippen LogP contribution in [0.1, 0.15) is 0 Å². The molecule has 7 rings (SSSR count). The minimum Gasteiger partial charge on any atom is -0.461 e. The number of hydrogen-bond acceptors (Lipinski definition) is 10. The number of thiol groups is 1. The first kappa shape index (κ1) is 26.2. The fourth-order valence-electron chi connectivity index (χ4n) is 5.45. The van der Waals surface area contributed by atoms with Crippen LogP contribution in [0.15, 0.2) is 39.7 Å². The Hall–Kier alpha value is -3.69. The second-order valence-corrected chi connectivity index (χ2v) is 12.3. The molecule has 0 spiro atoms. The van der Waals surface area contributed by atoms with Crippen molar-refractivity contribution < 1.29 is 13.2 Å². The van der Waals surface area contributed by atoms with Crippen LogP contribution in [0.25, 0.3) is 27.6 Å². The molecule has 2 aliphatic heterocycles. The van der Waals surface area contributed by atoms with Crippen LogP contribution in [0.2, 0.25) is 0 Å². The van der Waals surface area contributed by atoms with Crippen LogP contribution < -0.4 is 20.4 Å². The number of hydrogen-bond donors (Lipinski definition) is 1. The molecule has 214 valence electrons. The van der Waals surface area contributed by atoms with Gasteiger partial charge in [0.1, 0.15) is 27.8 Å². The summed E-state index contributed by atoms with van der Waals surface area (Å²) in [4.78, 5) is 28.1. The summed E-state index contributed by atoms with van der Waals surface area (Å²) in [5.41, 5.74) is 8.04. The van der Waals surface area contributed by atoms with E-state index in [0.717, 1.165) is 42.0 Å². The quantitative estimate of drug-likeness (QED) is 0.231. The molecule has 0 saturated carbocycles. The molecular weight excluding hydrogens is 572 g/mol. The number of piperazine rings is 1. The Labute approximate surface area is 241 Å². The second kappa shape index (κ2) is 10.6. The van der Waals surface area contributed by atoms with Gasteiger partial charge in [-0.3, -0.25) is 14.3 Å². The van der Waals surface area contributed by atoms with Gasteiger partial charge < -0.3 is 20.0 Å². The van der Waals surface area contributed by atoms with E-state index >= 15 is 0 Å². The largest absolute Gasteiger partial charge is 0.461 e.